The van der Waals surface area contributed by atoms with Gasteiger partial charge >= 0.3 is 0 Å². The number of nitrogens with one attached hydrogen (secondary N) is 2. The summed E-state index contributed by atoms with van der Waals surface area (Å²) in [5.41, 5.74) is 3.15. The molecule has 0 radical (unpaired) electrons. The van der Waals surface area contributed by atoms with Gasteiger partial charge < -0.3 is 10.2 Å². The lowest BCUT2D eigenvalue weighted by molar-refractivity contribution is -0.136. The highest BCUT2D eigenvalue weighted by Crippen LogP contribution is 2.43. The zero-order chi connectivity index (χ0) is 18.6. The van der Waals surface area contributed by atoms with Crippen molar-refractivity contribution >= 4 is 17.7 Å². The molecule has 5 rings (SSSR count). The summed E-state index contributed by atoms with van der Waals surface area (Å²) in [6, 6.07) is 5.59. The zero-order valence-corrected chi connectivity index (χ0v) is 15.3. The van der Waals surface area contributed by atoms with Gasteiger partial charge in [0, 0.05) is 50.2 Å². The Morgan fingerprint density at radius 1 is 1.19 bits per heavy atom. The number of fused-ring (bicyclic) bond motifs is 1. The van der Waals surface area contributed by atoms with Crippen LogP contribution in [0.2, 0.25) is 0 Å². The van der Waals surface area contributed by atoms with Crippen molar-refractivity contribution in [3.63, 3.8) is 0 Å². The van der Waals surface area contributed by atoms with Crippen LogP contribution in [0.4, 0.5) is 0 Å². The van der Waals surface area contributed by atoms with E-state index in [2.05, 4.69) is 21.6 Å². The minimum Gasteiger partial charge on any atom is -0.322 e. The summed E-state index contributed by atoms with van der Waals surface area (Å²) in [7, 11) is 0. The van der Waals surface area contributed by atoms with Crippen LogP contribution in [-0.2, 0) is 22.7 Å². The van der Waals surface area contributed by atoms with E-state index in [-0.39, 0.29) is 24.1 Å². The highest BCUT2D eigenvalue weighted by Gasteiger charge is 2.49. The van der Waals surface area contributed by atoms with Crippen molar-refractivity contribution in [3.05, 3.63) is 34.9 Å². The Labute approximate surface area is 158 Å². The maximum absolute atomic E-state index is 12.9. The third kappa shape index (κ3) is 2.85. The monoisotopic (exact) mass is 368 g/mol. The largest absolute Gasteiger partial charge is 0.322 e. The molecule has 1 aromatic carbocycles. The van der Waals surface area contributed by atoms with Crippen LogP contribution in [0.5, 0.6) is 0 Å². The molecule has 1 saturated carbocycles. The van der Waals surface area contributed by atoms with Crippen LogP contribution in [0, 0.1) is 0 Å². The van der Waals surface area contributed by atoms with Gasteiger partial charge in [-0.1, -0.05) is 12.1 Å². The Morgan fingerprint density at radius 2 is 2.04 bits per heavy atom. The molecule has 4 aliphatic rings. The van der Waals surface area contributed by atoms with E-state index < -0.39 is 6.04 Å². The number of piperidine rings is 1. The molecule has 0 bridgehead atoms. The summed E-state index contributed by atoms with van der Waals surface area (Å²) in [6.45, 7) is 4.40. The Hall–Kier alpha value is -2.25. The van der Waals surface area contributed by atoms with Crippen molar-refractivity contribution in [3.8, 4) is 0 Å². The highest BCUT2D eigenvalue weighted by molar-refractivity contribution is 6.05. The first kappa shape index (κ1) is 16.9. The number of amides is 3. The van der Waals surface area contributed by atoms with Crippen molar-refractivity contribution in [2.45, 2.75) is 50.4 Å². The predicted molar refractivity (Wildman–Crippen MR) is 97.7 cm³/mol. The lowest BCUT2D eigenvalue weighted by Crippen LogP contribution is -2.52. The van der Waals surface area contributed by atoms with Gasteiger partial charge in [0.1, 0.15) is 6.04 Å². The Bertz CT molecular complexity index is 833. The first-order valence-electron chi connectivity index (χ1n) is 9.78. The topological polar surface area (TPSA) is 81.8 Å². The number of piperazine rings is 1. The maximum Gasteiger partial charge on any atom is 0.255 e. The SMILES string of the molecule is O=C1CCC(N2Cc3ccc(CN4CCNCC45CC5)cc3C2=O)C(=O)N1. The molecule has 27 heavy (non-hydrogen) atoms. The molecule has 3 amide bonds. The molecule has 3 heterocycles. The molecule has 2 saturated heterocycles. The molecule has 1 spiro atoms. The molecule has 1 aromatic rings. The fourth-order valence-corrected chi connectivity index (χ4v) is 4.69. The van der Waals surface area contributed by atoms with Crippen LogP contribution in [-0.4, -0.2) is 58.7 Å². The highest BCUT2D eigenvalue weighted by atomic mass is 16.2. The number of carbonyl (C=O) groups excluding carboxylic acids is 3. The van der Waals surface area contributed by atoms with Gasteiger partial charge in [-0.2, -0.15) is 0 Å². The van der Waals surface area contributed by atoms with Crippen molar-refractivity contribution in [1.29, 1.82) is 0 Å². The molecule has 1 unspecified atom stereocenters. The normalized spacial score (nSPS) is 27.0. The Kier molecular flexibility index (Phi) is 3.84. The van der Waals surface area contributed by atoms with E-state index in [0.717, 1.165) is 37.3 Å². The van der Waals surface area contributed by atoms with Crippen molar-refractivity contribution < 1.29 is 14.4 Å². The van der Waals surface area contributed by atoms with Crippen LogP contribution in [0.15, 0.2) is 18.2 Å². The van der Waals surface area contributed by atoms with Gasteiger partial charge in [-0.25, -0.2) is 0 Å². The van der Waals surface area contributed by atoms with E-state index in [1.54, 1.807) is 4.90 Å². The average molecular weight is 368 g/mol. The molecule has 2 N–H and O–H groups in total. The number of hydrogen-bond acceptors (Lipinski definition) is 5. The quantitative estimate of drug-likeness (QED) is 0.754. The van der Waals surface area contributed by atoms with Gasteiger partial charge in [0.2, 0.25) is 11.8 Å². The molecular formula is C20H24N4O3. The van der Waals surface area contributed by atoms with E-state index in [4.69, 9.17) is 0 Å². The fourth-order valence-electron chi connectivity index (χ4n) is 4.69. The maximum atomic E-state index is 12.9. The predicted octanol–water partition coefficient (Wildman–Crippen LogP) is 0.385. The smallest absolute Gasteiger partial charge is 0.255 e. The second-order valence-corrected chi connectivity index (χ2v) is 8.21. The second kappa shape index (κ2) is 6.14. The number of benzene rings is 1. The lowest BCUT2D eigenvalue weighted by Gasteiger charge is -2.36. The molecule has 1 atom stereocenters. The van der Waals surface area contributed by atoms with E-state index >= 15 is 0 Å². The number of hydrogen-bond donors (Lipinski definition) is 2. The van der Waals surface area contributed by atoms with Crippen LogP contribution < -0.4 is 10.6 Å². The molecule has 3 aliphatic heterocycles. The third-order valence-electron chi connectivity index (χ3n) is 6.48. The number of rotatable bonds is 3. The Morgan fingerprint density at radius 3 is 2.81 bits per heavy atom. The third-order valence-corrected chi connectivity index (χ3v) is 6.48. The minimum absolute atomic E-state index is 0.0946. The van der Waals surface area contributed by atoms with Crippen LogP contribution in [0.25, 0.3) is 0 Å². The molecular weight excluding hydrogens is 344 g/mol. The second-order valence-electron chi connectivity index (χ2n) is 8.21. The van der Waals surface area contributed by atoms with Crippen LogP contribution in [0.3, 0.4) is 0 Å². The van der Waals surface area contributed by atoms with E-state index in [1.807, 2.05) is 12.1 Å². The van der Waals surface area contributed by atoms with Gasteiger partial charge in [0.15, 0.2) is 0 Å². The summed E-state index contributed by atoms with van der Waals surface area (Å²) >= 11 is 0. The summed E-state index contributed by atoms with van der Waals surface area (Å²) < 4.78 is 0. The van der Waals surface area contributed by atoms with Gasteiger partial charge in [0.05, 0.1) is 0 Å². The molecule has 7 heteroatoms. The zero-order valence-electron chi connectivity index (χ0n) is 15.3. The van der Waals surface area contributed by atoms with Crippen molar-refractivity contribution in [1.82, 2.24) is 20.4 Å². The van der Waals surface area contributed by atoms with Crippen LogP contribution >= 0.6 is 0 Å². The molecule has 1 aliphatic carbocycles. The standard InChI is InChI=1S/C20H24N4O3/c25-17-4-3-16(18(26)22-17)24-11-14-2-1-13(9-15(14)19(24)27)10-23-8-7-21-12-20(23)5-6-20/h1-2,9,16,21H,3-8,10-12H2,(H,22,25,26). The molecule has 142 valence electrons. The summed E-state index contributed by atoms with van der Waals surface area (Å²) in [4.78, 5) is 40.6. The van der Waals surface area contributed by atoms with Gasteiger partial charge in [-0.3, -0.25) is 24.6 Å². The van der Waals surface area contributed by atoms with Crippen LogP contribution in [0.1, 0.15) is 47.2 Å². The summed E-state index contributed by atoms with van der Waals surface area (Å²) in [5, 5.41) is 5.84. The number of imide groups is 1. The summed E-state index contributed by atoms with van der Waals surface area (Å²) in [5.74, 6) is -0.709. The van der Waals surface area contributed by atoms with Gasteiger partial charge in [0.25, 0.3) is 5.91 Å². The number of carbonyl (C=O) groups is 3. The number of nitrogens with zero attached hydrogens (tertiary/aromatic N) is 2. The Balaban J connectivity index is 1.34. The molecule has 7 nitrogen and oxygen atoms in total. The van der Waals surface area contributed by atoms with Gasteiger partial charge in [-0.05, 0) is 36.5 Å². The van der Waals surface area contributed by atoms with E-state index in [1.165, 1.54) is 12.8 Å². The molecule has 3 fully saturated rings. The van der Waals surface area contributed by atoms with Crippen molar-refractivity contribution in [2.75, 3.05) is 19.6 Å². The fraction of sp³-hybridized carbons (Fsp3) is 0.550. The van der Waals surface area contributed by atoms with E-state index in [0.29, 0.717) is 24.1 Å². The minimum atomic E-state index is -0.547. The van der Waals surface area contributed by atoms with Gasteiger partial charge in [-0.15, -0.1) is 0 Å². The first-order chi connectivity index (χ1) is 13.1. The average Bonchev–Trinajstić information content (AvgIpc) is 3.35. The lowest BCUT2D eigenvalue weighted by atomic mass is 10.0. The van der Waals surface area contributed by atoms with Crippen molar-refractivity contribution in [2.24, 2.45) is 0 Å². The first-order valence-corrected chi connectivity index (χ1v) is 9.78. The van der Waals surface area contributed by atoms with E-state index in [9.17, 15) is 14.4 Å². The molecule has 0 aromatic heterocycles. The summed E-state index contributed by atoms with van der Waals surface area (Å²) in [6.07, 6.45) is 3.17.